The van der Waals surface area contributed by atoms with Crippen LogP contribution in [0.1, 0.15) is 40.0 Å². The molecule has 1 atom stereocenters. The molecule has 0 spiro atoms. The van der Waals surface area contributed by atoms with E-state index in [0.717, 1.165) is 19.3 Å². The van der Waals surface area contributed by atoms with Crippen molar-refractivity contribution >= 4 is 17.6 Å². The van der Waals surface area contributed by atoms with Crippen LogP contribution < -0.4 is 15.0 Å². The number of carbonyl (C=O) groups is 2. The lowest BCUT2D eigenvalue weighted by Crippen LogP contribution is -2.62. The molecule has 6 nitrogen and oxygen atoms in total. The van der Waals surface area contributed by atoms with E-state index in [4.69, 9.17) is 4.74 Å². The third-order valence-corrected chi connectivity index (χ3v) is 3.68. The average molecular weight is 305 g/mol. The fourth-order valence-electron chi connectivity index (χ4n) is 2.36. The van der Waals surface area contributed by atoms with Gasteiger partial charge in [0.1, 0.15) is 0 Å². The number of aromatic nitrogens is 1. The molecule has 1 aliphatic rings. The Morgan fingerprint density at radius 3 is 2.86 bits per heavy atom. The van der Waals surface area contributed by atoms with Crippen LogP contribution in [0.15, 0.2) is 18.3 Å². The monoisotopic (exact) mass is 305 g/mol. The molecule has 2 heterocycles. The predicted octanol–water partition coefficient (Wildman–Crippen LogP) is 1.89. The van der Waals surface area contributed by atoms with Crippen molar-refractivity contribution < 1.29 is 14.3 Å². The number of fused-ring (bicyclic) bond motifs is 1. The van der Waals surface area contributed by atoms with E-state index in [1.54, 1.807) is 23.2 Å². The van der Waals surface area contributed by atoms with Crippen LogP contribution in [0.4, 0.5) is 5.82 Å². The maximum Gasteiger partial charge on any atom is 0.282 e. The van der Waals surface area contributed by atoms with E-state index in [9.17, 15) is 9.59 Å². The quantitative estimate of drug-likeness (QED) is 0.815. The highest BCUT2D eigenvalue weighted by Gasteiger charge is 2.50. The summed E-state index contributed by atoms with van der Waals surface area (Å²) in [7, 11) is 0. The van der Waals surface area contributed by atoms with E-state index in [2.05, 4.69) is 17.2 Å². The normalized spacial score (nSPS) is 20.3. The van der Waals surface area contributed by atoms with Gasteiger partial charge >= 0.3 is 0 Å². The van der Waals surface area contributed by atoms with Crippen molar-refractivity contribution in [2.75, 3.05) is 18.0 Å². The summed E-state index contributed by atoms with van der Waals surface area (Å²) >= 11 is 0. The number of rotatable bonds is 6. The van der Waals surface area contributed by atoms with Crippen LogP contribution in [-0.2, 0) is 9.59 Å². The molecule has 22 heavy (non-hydrogen) atoms. The summed E-state index contributed by atoms with van der Waals surface area (Å²) in [5.74, 6) is 0.185. The molecular weight excluding hydrogens is 282 g/mol. The SMILES string of the molecule is CCCCN1C(=O)[C@](C)(C(=O)NCCC)Oc2cccnc21. The summed E-state index contributed by atoms with van der Waals surface area (Å²) in [6.07, 6.45) is 4.21. The first-order chi connectivity index (χ1) is 10.5. The van der Waals surface area contributed by atoms with Crippen LogP contribution in [-0.4, -0.2) is 35.5 Å². The minimum absolute atomic E-state index is 0.360. The van der Waals surface area contributed by atoms with Crippen LogP contribution in [0.25, 0.3) is 0 Å². The molecule has 1 aromatic heterocycles. The Balaban J connectivity index is 2.35. The second-order valence-corrected chi connectivity index (χ2v) is 5.53. The molecule has 120 valence electrons. The second kappa shape index (κ2) is 6.77. The van der Waals surface area contributed by atoms with E-state index in [1.165, 1.54) is 6.92 Å². The zero-order chi connectivity index (χ0) is 16.2. The van der Waals surface area contributed by atoms with Crippen molar-refractivity contribution in [1.82, 2.24) is 10.3 Å². The van der Waals surface area contributed by atoms with Crippen LogP contribution >= 0.6 is 0 Å². The van der Waals surface area contributed by atoms with Crippen molar-refractivity contribution in [3.8, 4) is 5.75 Å². The number of hydrogen-bond donors (Lipinski definition) is 1. The summed E-state index contributed by atoms with van der Waals surface area (Å²) in [5, 5.41) is 2.75. The number of hydrogen-bond acceptors (Lipinski definition) is 4. The Bertz CT molecular complexity index is 561. The zero-order valence-electron chi connectivity index (χ0n) is 13.4. The Labute approximate surface area is 130 Å². The van der Waals surface area contributed by atoms with E-state index in [1.807, 2.05) is 6.92 Å². The number of nitrogens with one attached hydrogen (secondary N) is 1. The lowest BCUT2D eigenvalue weighted by Gasteiger charge is -2.38. The van der Waals surface area contributed by atoms with E-state index >= 15 is 0 Å². The van der Waals surface area contributed by atoms with Gasteiger partial charge < -0.3 is 10.1 Å². The molecule has 1 N–H and O–H groups in total. The standard InChI is InChI=1S/C16H23N3O3/c1-4-6-11-19-13-12(8-7-10-17-13)22-16(3,15(19)21)14(20)18-9-5-2/h7-8,10H,4-6,9,11H2,1-3H3,(H,18,20)/t16-/m0/s1. The number of anilines is 1. The number of ether oxygens (including phenoxy) is 1. The molecule has 2 amide bonds. The lowest BCUT2D eigenvalue weighted by atomic mass is 10.0. The molecule has 0 aliphatic carbocycles. The van der Waals surface area contributed by atoms with Gasteiger partial charge in [-0.15, -0.1) is 0 Å². The zero-order valence-corrected chi connectivity index (χ0v) is 13.4. The molecule has 6 heteroatoms. The van der Waals surface area contributed by atoms with Gasteiger partial charge in [0, 0.05) is 19.3 Å². The smallest absolute Gasteiger partial charge is 0.282 e. The van der Waals surface area contributed by atoms with Gasteiger partial charge in [-0.1, -0.05) is 20.3 Å². The van der Waals surface area contributed by atoms with Gasteiger partial charge in [0.25, 0.3) is 17.4 Å². The van der Waals surface area contributed by atoms with E-state index < -0.39 is 11.5 Å². The summed E-state index contributed by atoms with van der Waals surface area (Å²) in [6.45, 7) is 6.57. The summed E-state index contributed by atoms with van der Waals surface area (Å²) in [6, 6.07) is 3.47. The summed E-state index contributed by atoms with van der Waals surface area (Å²) in [5.41, 5.74) is -1.54. The van der Waals surface area contributed by atoms with Gasteiger partial charge in [-0.3, -0.25) is 14.5 Å². The van der Waals surface area contributed by atoms with Crippen LogP contribution in [0.5, 0.6) is 5.75 Å². The van der Waals surface area contributed by atoms with Crippen LogP contribution in [0.2, 0.25) is 0 Å². The fraction of sp³-hybridized carbons (Fsp3) is 0.562. The van der Waals surface area contributed by atoms with Crippen molar-refractivity contribution in [2.24, 2.45) is 0 Å². The number of carbonyl (C=O) groups excluding carboxylic acids is 2. The van der Waals surface area contributed by atoms with Crippen LogP contribution in [0.3, 0.4) is 0 Å². The number of unbranched alkanes of at least 4 members (excludes halogenated alkanes) is 1. The minimum Gasteiger partial charge on any atom is -0.464 e. The van der Waals surface area contributed by atoms with Crippen LogP contribution in [0, 0.1) is 0 Å². The molecule has 0 radical (unpaired) electrons. The van der Waals surface area contributed by atoms with E-state index in [-0.39, 0.29) is 5.91 Å². The largest absolute Gasteiger partial charge is 0.464 e. The molecule has 1 aliphatic heterocycles. The fourth-order valence-corrected chi connectivity index (χ4v) is 2.36. The van der Waals surface area contributed by atoms with E-state index in [0.29, 0.717) is 24.7 Å². The average Bonchev–Trinajstić information content (AvgIpc) is 2.53. The summed E-state index contributed by atoms with van der Waals surface area (Å²) < 4.78 is 5.74. The Hall–Kier alpha value is -2.11. The molecule has 0 unspecified atom stereocenters. The van der Waals surface area contributed by atoms with Crippen molar-refractivity contribution in [1.29, 1.82) is 0 Å². The molecule has 0 saturated heterocycles. The maximum absolute atomic E-state index is 12.8. The van der Waals surface area contributed by atoms with Gasteiger partial charge in [-0.2, -0.15) is 0 Å². The highest BCUT2D eigenvalue weighted by Crippen LogP contribution is 2.36. The number of nitrogens with zero attached hydrogens (tertiary/aromatic N) is 2. The molecular formula is C16H23N3O3. The minimum atomic E-state index is -1.54. The van der Waals surface area contributed by atoms with Crippen molar-refractivity contribution in [2.45, 2.75) is 45.6 Å². The molecule has 0 fully saturated rings. The topological polar surface area (TPSA) is 71.5 Å². The maximum atomic E-state index is 12.8. The predicted molar refractivity (Wildman–Crippen MR) is 83.8 cm³/mol. The Kier molecular flexibility index (Phi) is 5.00. The van der Waals surface area contributed by atoms with Gasteiger partial charge in [0.05, 0.1) is 0 Å². The van der Waals surface area contributed by atoms with Crippen molar-refractivity contribution in [3.63, 3.8) is 0 Å². The molecule has 0 bridgehead atoms. The first-order valence-electron chi connectivity index (χ1n) is 7.78. The molecule has 1 aromatic rings. The van der Waals surface area contributed by atoms with Gasteiger partial charge in [0.15, 0.2) is 11.6 Å². The molecule has 0 aromatic carbocycles. The highest BCUT2D eigenvalue weighted by molar-refractivity contribution is 6.16. The van der Waals surface area contributed by atoms with Gasteiger partial charge in [-0.05, 0) is 31.9 Å². The third-order valence-electron chi connectivity index (χ3n) is 3.68. The Morgan fingerprint density at radius 1 is 1.41 bits per heavy atom. The molecule has 2 rings (SSSR count). The van der Waals surface area contributed by atoms with Gasteiger partial charge in [-0.25, -0.2) is 4.98 Å². The highest BCUT2D eigenvalue weighted by atomic mass is 16.5. The Morgan fingerprint density at radius 2 is 2.18 bits per heavy atom. The summed E-state index contributed by atoms with van der Waals surface area (Å²) in [4.78, 5) is 31.0. The lowest BCUT2D eigenvalue weighted by molar-refractivity contribution is -0.148. The number of pyridine rings is 1. The first-order valence-corrected chi connectivity index (χ1v) is 7.78. The second-order valence-electron chi connectivity index (χ2n) is 5.53. The van der Waals surface area contributed by atoms with Gasteiger partial charge in [0.2, 0.25) is 0 Å². The van der Waals surface area contributed by atoms with Crippen molar-refractivity contribution in [3.05, 3.63) is 18.3 Å². The first kappa shape index (κ1) is 16.3. The molecule has 0 saturated carbocycles. The third kappa shape index (κ3) is 2.91. The number of amides is 2.